The van der Waals surface area contributed by atoms with Gasteiger partial charge in [-0.05, 0) is 55.6 Å². The number of anilines is 1. The minimum Gasteiger partial charge on any atom is -0.611 e. The number of rotatable bonds is 6. The molecule has 3 rings (SSSR count). The summed E-state index contributed by atoms with van der Waals surface area (Å²) in [6.45, 7) is 4.86. The Morgan fingerprint density at radius 3 is 2.67 bits per heavy atom. The van der Waals surface area contributed by atoms with Crippen LogP contribution >= 0.6 is 0 Å². The number of imidazole rings is 1. The molecule has 0 saturated carbocycles. The van der Waals surface area contributed by atoms with Crippen molar-refractivity contribution in [2.24, 2.45) is 0 Å². The summed E-state index contributed by atoms with van der Waals surface area (Å²) in [7, 11) is 0. The van der Waals surface area contributed by atoms with Gasteiger partial charge in [-0.2, -0.15) is 0 Å². The van der Waals surface area contributed by atoms with E-state index in [0.29, 0.717) is 11.6 Å². The van der Waals surface area contributed by atoms with Crippen LogP contribution in [0.3, 0.4) is 0 Å². The molecular formula is C18H22N4OS. The molecule has 0 bridgehead atoms. The zero-order valence-corrected chi connectivity index (χ0v) is 14.8. The number of nitrogens with zero attached hydrogens (tertiary/aromatic N) is 3. The summed E-state index contributed by atoms with van der Waals surface area (Å²) in [5.41, 5.74) is 8.85. The summed E-state index contributed by atoms with van der Waals surface area (Å²) in [5.74, 6) is 2.10. The third-order valence-corrected chi connectivity index (χ3v) is 5.60. The van der Waals surface area contributed by atoms with Gasteiger partial charge in [0.05, 0.1) is 5.52 Å². The van der Waals surface area contributed by atoms with Crippen LogP contribution in [0.15, 0.2) is 41.4 Å². The van der Waals surface area contributed by atoms with E-state index in [4.69, 9.17) is 5.73 Å². The minimum atomic E-state index is -0.927. The Balaban J connectivity index is 1.64. The van der Waals surface area contributed by atoms with Gasteiger partial charge >= 0.3 is 0 Å². The first-order valence-corrected chi connectivity index (χ1v) is 9.41. The second-order valence-electron chi connectivity index (χ2n) is 5.90. The van der Waals surface area contributed by atoms with Crippen LogP contribution < -0.4 is 5.73 Å². The van der Waals surface area contributed by atoms with Crippen molar-refractivity contribution in [1.29, 1.82) is 0 Å². The molecule has 0 aliphatic carbocycles. The monoisotopic (exact) mass is 342 g/mol. The third kappa shape index (κ3) is 3.39. The number of nitrogens with two attached hydrogens (primary N) is 1. The highest BCUT2D eigenvalue weighted by Gasteiger charge is 2.14. The first kappa shape index (κ1) is 16.8. The predicted octanol–water partition coefficient (Wildman–Crippen LogP) is 3.22. The predicted molar refractivity (Wildman–Crippen MR) is 98.4 cm³/mol. The Morgan fingerprint density at radius 2 is 1.92 bits per heavy atom. The standard InChI is InChI=1S/C18H22N4OS/c1-13-12-20-18(19)16-17(13)22(14(2)21-16)10-6-7-11-24(23)15-8-4-3-5-9-15/h3-5,8-9,12H,6-7,10-11H2,1-2H3,(H2,19,20). The van der Waals surface area contributed by atoms with Crippen LogP contribution in [0.1, 0.15) is 24.2 Å². The summed E-state index contributed by atoms with van der Waals surface area (Å²) < 4.78 is 14.4. The molecule has 126 valence electrons. The van der Waals surface area contributed by atoms with E-state index in [9.17, 15) is 4.55 Å². The summed E-state index contributed by atoms with van der Waals surface area (Å²) in [4.78, 5) is 9.63. The van der Waals surface area contributed by atoms with Crippen LogP contribution in [-0.2, 0) is 17.7 Å². The molecule has 0 fully saturated rings. The van der Waals surface area contributed by atoms with Crippen molar-refractivity contribution in [3.8, 4) is 0 Å². The molecule has 2 heterocycles. The van der Waals surface area contributed by atoms with E-state index >= 15 is 0 Å². The Bertz CT molecular complexity index is 832. The Hall–Kier alpha value is -2.05. The second kappa shape index (κ2) is 7.23. The Morgan fingerprint density at radius 1 is 1.17 bits per heavy atom. The number of benzene rings is 1. The highest BCUT2D eigenvalue weighted by Crippen LogP contribution is 2.24. The van der Waals surface area contributed by atoms with Gasteiger partial charge in [0.2, 0.25) is 0 Å². The smallest absolute Gasteiger partial charge is 0.152 e. The number of aromatic nitrogens is 3. The average molecular weight is 342 g/mol. The van der Waals surface area contributed by atoms with Gasteiger partial charge < -0.3 is 14.9 Å². The molecule has 0 spiro atoms. The van der Waals surface area contributed by atoms with Crippen LogP contribution in [0, 0.1) is 13.8 Å². The molecule has 0 aliphatic heterocycles. The number of unbranched alkanes of at least 4 members (excludes halogenated alkanes) is 1. The first-order chi connectivity index (χ1) is 11.6. The molecule has 6 heteroatoms. The van der Waals surface area contributed by atoms with Crippen molar-refractivity contribution in [3.63, 3.8) is 0 Å². The second-order valence-corrected chi connectivity index (χ2v) is 7.47. The molecule has 0 amide bonds. The van der Waals surface area contributed by atoms with Crippen LogP contribution in [0.2, 0.25) is 0 Å². The number of fused-ring (bicyclic) bond motifs is 1. The van der Waals surface area contributed by atoms with Crippen LogP contribution in [-0.4, -0.2) is 24.8 Å². The lowest BCUT2D eigenvalue weighted by Gasteiger charge is -2.11. The molecule has 1 aromatic carbocycles. The van der Waals surface area contributed by atoms with E-state index in [1.165, 1.54) is 0 Å². The van der Waals surface area contributed by atoms with Crippen molar-refractivity contribution in [3.05, 3.63) is 47.9 Å². The highest BCUT2D eigenvalue weighted by atomic mass is 32.2. The van der Waals surface area contributed by atoms with Crippen molar-refractivity contribution in [2.45, 2.75) is 38.1 Å². The fraction of sp³-hybridized carbons (Fsp3) is 0.333. The molecular weight excluding hydrogens is 320 g/mol. The number of hydrogen-bond donors (Lipinski definition) is 1. The topological polar surface area (TPSA) is 79.8 Å². The molecule has 24 heavy (non-hydrogen) atoms. The zero-order chi connectivity index (χ0) is 17.1. The van der Waals surface area contributed by atoms with Crippen LogP contribution in [0.4, 0.5) is 5.82 Å². The molecule has 2 N–H and O–H groups in total. The first-order valence-electron chi connectivity index (χ1n) is 8.09. The largest absolute Gasteiger partial charge is 0.611 e. The lowest BCUT2D eigenvalue weighted by molar-refractivity contribution is 0.582. The molecule has 3 aromatic rings. The molecule has 5 nitrogen and oxygen atoms in total. The third-order valence-electron chi connectivity index (χ3n) is 4.14. The quantitative estimate of drug-likeness (QED) is 0.551. The summed E-state index contributed by atoms with van der Waals surface area (Å²) in [6.07, 6.45) is 3.65. The summed E-state index contributed by atoms with van der Waals surface area (Å²) >= 11 is -0.927. The van der Waals surface area contributed by atoms with Crippen LogP contribution in [0.25, 0.3) is 11.0 Å². The number of hydrogen-bond acceptors (Lipinski definition) is 4. The maximum absolute atomic E-state index is 12.3. The van der Waals surface area contributed by atoms with Crippen molar-refractivity contribution < 1.29 is 4.55 Å². The van der Waals surface area contributed by atoms with E-state index in [1.54, 1.807) is 6.20 Å². The van der Waals surface area contributed by atoms with Gasteiger partial charge in [-0.3, -0.25) is 0 Å². The number of pyridine rings is 1. The summed E-state index contributed by atoms with van der Waals surface area (Å²) in [6, 6.07) is 9.63. The molecule has 0 radical (unpaired) electrons. The van der Waals surface area contributed by atoms with Crippen molar-refractivity contribution >= 4 is 28.0 Å². The molecule has 0 saturated heterocycles. The maximum Gasteiger partial charge on any atom is 0.152 e. The van der Waals surface area contributed by atoms with Gasteiger partial charge in [-0.15, -0.1) is 0 Å². The van der Waals surface area contributed by atoms with Gasteiger partial charge in [-0.1, -0.05) is 18.2 Å². The fourth-order valence-electron chi connectivity index (χ4n) is 2.90. The minimum absolute atomic E-state index is 0.475. The maximum atomic E-state index is 12.3. The zero-order valence-electron chi connectivity index (χ0n) is 14.0. The van der Waals surface area contributed by atoms with E-state index in [-0.39, 0.29) is 0 Å². The van der Waals surface area contributed by atoms with Gasteiger partial charge in [-0.25, -0.2) is 9.97 Å². The SMILES string of the molecule is Cc1cnc(N)c2nc(C)n(CCCC[S+]([O-])c3ccccc3)c12. The summed E-state index contributed by atoms with van der Waals surface area (Å²) in [5, 5.41) is 0. The van der Waals surface area contributed by atoms with Crippen molar-refractivity contribution in [1.82, 2.24) is 14.5 Å². The molecule has 1 unspecified atom stereocenters. The van der Waals surface area contributed by atoms with E-state index in [1.807, 2.05) is 44.2 Å². The normalized spacial score (nSPS) is 12.6. The van der Waals surface area contributed by atoms with Crippen LogP contribution in [0.5, 0.6) is 0 Å². The van der Waals surface area contributed by atoms with Gasteiger partial charge in [0, 0.05) is 12.7 Å². The van der Waals surface area contributed by atoms with E-state index in [2.05, 4.69) is 14.5 Å². The Labute approximate surface area is 145 Å². The van der Waals surface area contributed by atoms with Gasteiger partial charge in [0.25, 0.3) is 0 Å². The lowest BCUT2D eigenvalue weighted by atomic mass is 10.2. The lowest BCUT2D eigenvalue weighted by Crippen LogP contribution is -2.09. The number of aryl methyl sites for hydroxylation is 3. The van der Waals surface area contributed by atoms with E-state index in [0.717, 1.165) is 46.7 Å². The molecule has 2 aromatic heterocycles. The Kier molecular flexibility index (Phi) is 5.06. The van der Waals surface area contributed by atoms with Crippen molar-refractivity contribution in [2.75, 3.05) is 11.5 Å². The van der Waals surface area contributed by atoms with E-state index < -0.39 is 11.2 Å². The highest BCUT2D eigenvalue weighted by molar-refractivity contribution is 7.91. The fourth-order valence-corrected chi connectivity index (χ4v) is 4.06. The molecule has 0 aliphatic rings. The van der Waals surface area contributed by atoms with Gasteiger partial charge in [0.15, 0.2) is 10.7 Å². The molecule has 1 atom stereocenters. The van der Waals surface area contributed by atoms with Gasteiger partial charge in [0.1, 0.15) is 17.1 Å². The average Bonchev–Trinajstić information content (AvgIpc) is 2.93. The number of nitrogen functional groups attached to an aromatic ring is 1.